The van der Waals surface area contributed by atoms with Crippen molar-refractivity contribution in [2.24, 2.45) is 0 Å². The molecular weight excluding hydrogens is 272 g/mol. The maximum atomic E-state index is 11.2. The fourth-order valence-corrected chi connectivity index (χ4v) is 2.84. The SMILES string of the molecule is Cc1ccc(S(=O)(=O)O)c(CCCCCCCl)c1. The molecule has 0 atom stereocenters. The minimum Gasteiger partial charge on any atom is -0.282 e. The van der Waals surface area contributed by atoms with Crippen LogP contribution in [-0.2, 0) is 16.5 Å². The Hall–Kier alpha value is -0.580. The topological polar surface area (TPSA) is 54.4 Å². The van der Waals surface area contributed by atoms with Gasteiger partial charge in [-0.15, -0.1) is 11.6 Å². The van der Waals surface area contributed by atoms with Crippen LogP contribution in [0.25, 0.3) is 0 Å². The second-order valence-corrected chi connectivity index (χ2v) is 6.21. The summed E-state index contributed by atoms with van der Waals surface area (Å²) in [6.07, 6.45) is 4.63. The highest BCUT2D eigenvalue weighted by atomic mass is 35.5. The fraction of sp³-hybridized carbons (Fsp3) is 0.538. The molecular formula is C13H19ClO3S. The van der Waals surface area contributed by atoms with E-state index in [0.29, 0.717) is 17.9 Å². The second-order valence-electron chi connectivity index (χ2n) is 4.44. The molecule has 0 heterocycles. The molecule has 1 N–H and O–H groups in total. The van der Waals surface area contributed by atoms with E-state index >= 15 is 0 Å². The molecule has 1 aromatic rings. The zero-order chi connectivity index (χ0) is 13.6. The third kappa shape index (κ3) is 4.96. The predicted molar refractivity (Wildman–Crippen MR) is 73.9 cm³/mol. The van der Waals surface area contributed by atoms with E-state index in [1.807, 2.05) is 13.0 Å². The second kappa shape index (κ2) is 7.12. The summed E-state index contributed by atoms with van der Waals surface area (Å²) in [5.41, 5.74) is 1.70. The maximum absolute atomic E-state index is 11.2. The number of unbranched alkanes of at least 4 members (excludes halogenated alkanes) is 3. The van der Waals surface area contributed by atoms with E-state index < -0.39 is 10.1 Å². The highest BCUT2D eigenvalue weighted by Crippen LogP contribution is 2.20. The Morgan fingerprint density at radius 1 is 1.17 bits per heavy atom. The molecule has 0 aliphatic rings. The fourth-order valence-electron chi connectivity index (χ4n) is 1.92. The molecule has 0 aliphatic heterocycles. The van der Waals surface area contributed by atoms with Gasteiger partial charge in [-0.05, 0) is 37.8 Å². The third-order valence-corrected chi connectivity index (χ3v) is 4.04. The van der Waals surface area contributed by atoms with Gasteiger partial charge in [0.05, 0.1) is 4.90 Å². The molecule has 0 aliphatic carbocycles. The van der Waals surface area contributed by atoms with E-state index in [9.17, 15) is 8.42 Å². The molecule has 0 bridgehead atoms. The summed E-state index contributed by atoms with van der Waals surface area (Å²) in [6, 6.07) is 4.99. The maximum Gasteiger partial charge on any atom is 0.294 e. The summed E-state index contributed by atoms with van der Waals surface area (Å²) < 4.78 is 31.6. The van der Waals surface area contributed by atoms with Crippen LogP contribution in [0.3, 0.4) is 0 Å². The number of rotatable bonds is 7. The van der Waals surface area contributed by atoms with Crippen molar-refractivity contribution in [3.63, 3.8) is 0 Å². The third-order valence-electron chi connectivity index (χ3n) is 2.82. The van der Waals surface area contributed by atoms with Crippen molar-refractivity contribution in [1.82, 2.24) is 0 Å². The summed E-state index contributed by atoms with van der Waals surface area (Å²) in [6.45, 7) is 1.91. The lowest BCUT2D eigenvalue weighted by Gasteiger charge is -2.08. The Morgan fingerprint density at radius 3 is 2.44 bits per heavy atom. The first-order valence-electron chi connectivity index (χ1n) is 6.08. The van der Waals surface area contributed by atoms with Gasteiger partial charge in [0, 0.05) is 5.88 Å². The van der Waals surface area contributed by atoms with E-state index in [2.05, 4.69) is 0 Å². The van der Waals surface area contributed by atoms with Crippen LogP contribution >= 0.6 is 11.6 Å². The molecule has 0 amide bonds. The van der Waals surface area contributed by atoms with Crippen molar-refractivity contribution < 1.29 is 13.0 Å². The summed E-state index contributed by atoms with van der Waals surface area (Å²) in [7, 11) is -4.12. The molecule has 3 nitrogen and oxygen atoms in total. The molecule has 1 rings (SSSR count). The average molecular weight is 291 g/mol. The van der Waals surface area contributed by atoms with E-state index in [0.717, 1.165) is 31.2 Å². The van der Waals surface area contributed by atoms with Gasteiger partial charge in [0.1, 0.15) is 0 Å². The summed E-state index contributed by atoms with van der Waals surface area (Å²) in [5.74, 6) is 0.667. The summed E-state index contributed by atoms with van der Waals surface area (Å²) in [5, 5.41) is 0. The van der Waals surface area contributed by atoms with Crippen LogP contribution in [-0.4, -0.2) is 18.9 Å². The molecule has 102 valence electrons. The molecule has 0 fully saturated rings. The number of alkyl halides is 1. The first kappa shape index (κ1) is 15.5. The molecule has 1 aromatic carbocycles. The number of benzene rings is 1. The Labute approximate surface area is 114 Å². The highest BCUT2D eigenvalue weighted by molar-refractivity contribution is 7.85. The minimum atomic E-state index is -4.12. The number of hydrogen-bond donors (Lipinski definition) is 1. The van der Waals surface area contributed by atoms with E-state index in [1.165, 1.54) is 6.07 Å². The van der Waals surface area contributed by atoms with Crippen LogP contribution in [0.15, 0.2) is 23.1 Å². The summed E-state index contributed by atoms with van der Waals surface area (Å²) in [4.78, 5) is 0.0328. The van der Waals surface area contributed by atoms with Crippen molar-refractivity contribution in [2.45, 2.75) is 43.9 Å². The van der Waals surface area contributed by atoms with Gasteiger partial charge in [-0.2, -0.15) is 8.42 Å². The van der Waals surface area contributed by atoms with Gasteiger partial charge >= 0.3 is 0 Å². The first-order chi connectivity index (χ1) is 8.45. The van der Waals surface area contributed by atoms with Gasteiger partial charge in [-0.3, -0.25) is 4.55 Å². The molecule has 18 heavy (non-hydrogen) atoms. The number of aryl methyl sites for hydroxylation is 2. The summed E-state index contributed by atoms with van der Waals surface area (Å²) >= 11 is 5.59. The lowest BCUT2D eigenvalue weighted by Crippen LogP contribution is -2.03. The van der Waals surface area contributed by atoms with Gasteiger partial charge in [-0.25, -0.2) is 0 Å². The lowest BCUT2D eigenvalue weighted by atomic mass is 10.0. The molecule has 0 unspecified atom stereocenters. The predicted octanol–water partition coefficient (Wildman–Crippen LogP) is 3.58. The molecule has 0 aromatic heterocycles. The zero-order valence-electron chi connectivity index (χ0n) is 10.5. The number of hydrogen-bond acceptors (Lipinski definition) is 2. The first-order valence-corrected chi connectivity index (χ1v) is 8.05. The normalized spacial score (nSPS) is 11.7. The molecule has 0 spiro atoms. The van der Waals surface area contributed by atoms with Crippen LogP contribution in [0.5, 0.6) is 0 Å². The number of halogens is 1. The standard InChI is InChI=1S/C13H19ClO3S/c1-11-7-8-13(18(15,16)17)12(10-11)6-4-2-3-5-9-14/h7-8,10H,2-6,9H2,1H3,(H,15,16,17). The van der Waals surface area contributed by atoms with Crippen molar-refractivity contribution in [2.75, 3.05) is 5.88 Å². The highest BCUT2D eigenvalue weighted by Gasteiger charge is 2.14. The average Bonchev–Trinajstić information content (AvgIpc) is 2.27. The molecule has 0 radical (unpaired) electrons. The molecule has 5 heteroatoms. The van der Waals surface area contributed by atoms with Gasteiger partial charge in [-0.1, -0.05) is 30.5 Å². The molecule has 0 saturated carbocycles. The van der Waals surface area contributed by atoms with Crippen LogP contribution in [0.4, 0.5) is 0 Å². The Kier molecular flexibility index (Phi) is 6.12. The minimum absolute atomic E-state index is 0.0328. The van der Waals surface area contributed by atoms with E-state index in [4.69, 9.17) is 16.2 Å². The van der Waals surface area contributed by atoms with Crippen LogP contribution in [0.2, 0.25) is 0 Å². The van der Waals surface area contributed by atoms with Crippen molar-refractivity contribution in [3.8, 4) is 0 Å². The Bertz CT molecular complexity index is 483. The van der Waals surface area contributed by atoms with Gasteiger partial charge < -0.3 is 0 Å². The quantitative estimate of drug-likeness (QED) is 0.474. The van der Waals surface area contributed by atoms with Crippen molar-refractivity contribution >= 4 is 21.7 Å². The Balaban J connectivity index is 2.72. The van der Waals surface area contributed by atoms with Crippen LogP contribution in [0.1, 0.15) is 36.8 Å². The van der Waals surface area contributed by atoms with Crippen LogP contribution in [0, 0.1) is 6.92 Å². The van der Waals surface area contributed by atoms with Gasteiger partial charge in [0.15, 0.2) is 0 Å². The van der Waals surface area contributed by atoms with Gasteiger partial charge in [0.2, 0.25) is 0 Å². The molecule has 0 saturated heterocycles. The zero-order valence-corrected chi connectivity index (χ0v) is 12.1. The Morgan fingerprint density at radius 2 is 1.83 bits per heavy atom. The largest absolute Gasteiger partial charge is 0.294 e. The van der Waals surface area contributed by atoms with Crippen molar-refractivity contribution in [3.05, 3.63) is 29.3 Å². The monoisotopic (exact) mass is 290 g/mol. The van der Waals surface area contributed by atoms with E-state index in [-0.39, 0.29) is 4.90 Å². The van der Waals surface area contributed by atoms with E-state index in [1.54, 1.807) is 6.07 Å². The van der Waals surface area contributed by atoms with Gasteiger partial charge in [0.25, 0.3) is 10.1 Å². The van der Waals surface area contributed by atoms with Crippen LogP contribution < -0.4 is 0 Å². The lowest BCUT2D eigenvalue weighted by molar-refractivity contribution is 0.481. The smallest absolute Gasteiger partial charge is 0.282 e. The van der Waals surface area contributed by atoms with Crippen molar-refractivity contribution in [1.29, 1.82) is 0 Å².